The molecule has 0 aliphatic carbocycles. The number of ether oxygens (including phenoxy) is 2. The fraction of sp³-hybridized carbons (Fsp3) is 0.188. The number of hydrogen-bond donors (Lipinski definition) is 1. The van der Waals surface area contributed by atoms with Crippen LogP contribution in [0.5, 0.6) is 11.5 Å². The highest BCUT2D eigenvalue weighted by molar-refractivity contribution is 5.72. The summed E-state index contributed by atoms with van der Waals surface area (Å²) in [7, 11) is 1.62. The smallest absolute Gasteiger partial charge is 0.344 e. The summed E-state index contributed by atoms with van der Waals surface area (Å²) in [5.41, 5.74) is 1.93. The number of carboxylic acid groups (broad SMARTS) is 1. The van der Waals surface area contributed by atoms with E-state index in [2.05, 4.69) is 0 Å². The molecule has 4 heteroatoms. The zero-order chi connectivity index (χ0) is 14.5. The van der Waals surface area contributed by atoms with E-state index in [0.29, 0.717) is 5.75 Å². The van der Waals surface area contributed by atoms with Crippen LogP contribution in [-0.2, 0) is 4.79 Å². The van der Waals surface area contributed by atoms with E-state index in [1.165, 1.54) is 6.92 Å². The van der Waals surface area contributed by atoms with E-state index in [9.17, 15) is 4.79 Å². The number of benzene rings is 2. The molecule has 0 aliphatic rings. The minimum Gasteiger partial charge on any atom is -0.497 e. The van der Waals surface area contributed by atoms with Crippen molar-refractivity contribution in [2.75, 3.05) is 7.11 Å². The van der Waals surface area contributed by atoms with Gasteiger partial charge in [0, 0.05) is 0 Å². The van der Waals surface area contributed by atoms with Crippen molar-refractivity contribution in [1.82, 2.24) is 0 Å². The third-order valence-corrected chi connectivity index (χ3v) is 2.90. The predicted molar refractivity (Wildman–Crippen MR) is 76.2 cm³/mol. The van der Waals surface area contributed by atoms with Crippen LogP contribution in [0, 0.1) is 0 Å². The van der Waals surface area contributed by atoms with Crippen LogP contribution in [0.15, 0.2) is 48.5 Å². The van der Waals surface area contributed by atoms with Crippen molar-refractivity contribution < 1.29 is 19.4 Å². The van der Waals surface area contributed by atoms with E-state index >= 15 is 0 Å². The zero-order valence-electron chi connectivity index (χ0n) is 11.4. The van der Waals surface area contributed by atoms with Crippen molar-refractivity contribution in [2.24, 2.45) is 0 Å². The van der Waals surface area contributed by atoms with E-state index in [1.54, 1.807) is 13.2 Å². The minimum atomic E-state index is -0.989. The number of aliphatic carboxylic acids is 1. The van der Waals surface area contributed by atoms with Gasteiger partial charge in [-0.05, 0) is 42.3 Å². The average Bonchev–Trinajstić information content (AvgIpc) is 2.47. The topological polar surface area (TPSA) is 55.8 Å². The summed E-state index contributed by atoms with van der Waals surface area (Å²) in [5.74, 6) is 0.310. The van der Waals surface area contributed by atoms with Gasteiger partial charge in [0.1, 0.15) is 11.5 Å². The summed E-state index contributed by atoms with van der Waals surface area (Å²) < 4.78 is 10.6. The Morgan fingerprint density at radius 1 is 1.05 bits per heavy atom. The Bertz CT molecular complexity index is 607. The molecule has 20 heavy (non-hydrogen) atoms. The molecule has 1 unspecified atom stereocenters. The Hall–Kier alpha value is -2.49. The van der Waals surface area contributed by atoms with E-state index in [0.717, 1.165) is 16.9 Å². The lowest BCUT2D eigenvalue weighted by Gasteiger charge is -2.12. The SMILES string of the molecule is COc1cccc(-c2cccc(OC(C)C(=O)O)c2)c1. The molecule has 0 radical (unpaired) electrons. The van der Waals surface area contributed by atoms with Crippen LogP contribution in [0.4, 0.5) is 0 Å². The van der Waals surface area contributed by atoms with Crippen molar-refractivity contribution >= 4 is 5.97 Å². The van der Waals surface area contributed by atoms with Gasteiger partial charge in [-0.3, -0.25) is 0 Å². The summed E-state index contributed by atoms with van der Waals surface area (Å²) in [6.45, 7) is 1.50. The lowest BCUT2D eigenvalue weighted by Crippen LogP contribution is -2.22. The quantitative estimate of drug-likeness (QED) is 0.908. The van der Waals surface area contributed by atoms with Gasteiger partial charge >= 0.3 is 5.97 Å². The van der Waals surface area contributed by atoms with Gasteiger partial charge in [0.2, 0.25) is 0 Å². The maximum absolute atomic E-state index is 10.8. The molecule has 0 fully saturated rings. The van der Waals surface area contributed by atoms with Crippen LogP contribution < -0.4 is 9.47 Å². The predicted octanol–water partition coefficient (Wildman–Crippen LogP) is 3.21. The molecule has 0 saturated heterocycles. The van der Waals surface area contributed by atoms with E-state index in [4.69, 9.17) is 14.6 Å². The van der Waals surface area contributed by atoms with Gasteiger partial charge in [-0.25, -0.2) is 4.79 Å². The van der Waals surface area contributed by atoms with Gasteiger partial charge in [0.15, 0.2) is 6.10 Å². The molecule has 0 aliphatic heterocycles. The van der Waals surface area contributed by atoms with Crippen molar-refractivity contribution in [3.63, 3.8) is 0 Å². The second kappa shape index (κ2) is 6.10. The van der Waals surface area contributed by atoms with Gasteiger partial charge in [0.05, 0.1) is 7.11 Å². The molecule has 0 spiro atoms. The molecule has 1 atom stereocenters. The average molecular weight is 272 g/mol. The highest BCUT2D eigenvalue weighted by Gasteiger charge is 2.12. The molecule has 4 nitrogen and oxygen atoms in total. The summed E-state index contributed by atoms with van der Waals surface area (Å²) in [4.78, 5) is 10.8. The van der Waals surface area contributed by atoms with E-state index in [-0.39, 0.29) is 0 Å². The first-order chi connectivity index (χ1) is 9.60. The summed E-state index contributed by atoms with van der Waals surface area (Å²) >= 11 is 0. The number of hydrogen-bond acceptors (Lipinski definition) is 3. The van der Waals surface area contributed by atoms with E-state index < -0.39 is 12.1 Å². The molecule has 2 aromatic rings. The molecule has 0 aromatic heterocycles. The largest absolute Gasteiger partial charge is 0.497 e. The van der Waals surface area contributed by atoms with Gasteiger partial charge in [-0.15, -0.1) is 0 Å². The molecule has 104 valence electrons. The van der Waals surface area contributed by atoms with Crippen LogP contribution in [-0.4, -0.2) is 24.3 Å². The first kappa shape index (κ1) is 13.9. The molecule has 1 N–H and O–H groups in total. The van der Waals surface area contributed by atoms with Crippen molar-refractivity contribution in [3.8, 4) is 22.6 Å². The van der Waals surface area contributed by atoms with Crippen LogP contribution in [0.3, 0.4) is 0 Å². The summed E-state index contributed by atoms with van der Waals surface area (Å²) in [5, 5.41) is 8.86. The normalized spacial score (nSPS) is 11.7. The van der Waals surface area contributed by atoms with Crippen molar-refractivity contribution in [3.05, 3.63) is 48.5 Å². The lowest BCUT2D eigenvalue weighted by molar-refractivity contribution is -0.144. The van der Waals surface area contributed by atoms with Gasteiger partial charge in [-0.1, -0.05) is 24.3 Å². The minimum absolute atomic E-state index is 0.528. The zero-order valence-corrected chi connectivity index (χ0v) is 11.4. The molecule has 0 bridgehead atoms. The number of rotatable bonds is 5. The summed E-state index contributed by atoms with van der Waals surface area (Å²) in [6.07, 6.45) is -0.879. The fourth-order valence-electron chi connectivity index (χ4n) is 1.81. The van der Waals surface area contributed by atoms with Crippen LogP contribution in [0.2, 0.25) is 0 Å². The third kappa shape index (κ3) is 3.29. The van der Waals surface area contributed by atoms with Crippen molar-refractivity contribution in [1.29, 1.82) is 0 Å². The third-order valence-electron chi connectivity index (χ3n) is 2.90. The molecule has 2 aromatic carbocycles. The first-order valence-corrected chi connectivity index (χ1v) is 6.24. The Balaban J connectivity index is 2.27. The molecule has 0 heterocycles. The highest BCUT2D eigenvalue weighted by atomic mass is 16.5. The monoisotopic (exact) mass is 272 g/mol. The van der Waals surface area contributed by atoms with Gasteiger partial charge in [0.25, 0.3) is 0 Å². The van der Waals surface area contributed by atoms with Crippen LogP contribution in [0.1, 0.15) is 6.92 Å². The van der Waals surface area contributed by atoms with Crippen LogP contribution >= 0.6 is 0 Å². The number of methoxy groups -OCH3 is 1. The maximum Gasteiger partial charge on any atom is 0.344 e. The Kier molecular flexibility index (Phi) is 4.25. The Labute approximate surface area is 117 Å². The molecule has 0 saturated carbocycles. The highest BCUT2D eigenvalue weighted by Crippen LogP contribution is 2.27. The van der Waals surface area contributed by atoms with Crippen LogP contribution in [0.25, 0.3) is 11.1 Å². The second-order valence-corrected chi connectivity index (χ2v) is 4.36. The lowest BCUT2D eigenvalue weighted by atomic mass is 10.1. The van der Waals surface area contributed by atoms with Crippen molar-refractivity contribution in [2.45, 2.75) is 13.0 Å². The first-order valence-electron chi connectivity index (χ1n) is 6.24. The number of carbonyl (C=O) groups is 1. The molecular formula is C16H16O4. The Morgan fingerprint density at radius 3 is 2.15 bits per heavy atom. The molecular weight excluding hydrogens is 256 g/mol. The fourth-order valence-corrected chi connectivity index (χ4v) is 1.81. The Morgan fingerprint density at radius 2 is 1.60 bits per heavy atom. The second-order valence-electron chi connectivity index (χ2n) is 4.36. The van der Waals surface area contributed by atoms with E-state index in [1.807, 2.05) is 42.5 Å². The van der Waals surface area contributed by atoms with Gasteiger partial charge in [-0.2, -0.15) is 0 Å². The standard InChI is InChI=1S/C16H16O4/c1-11(16(17)18)20-15-8-4-6-13(10-15)12-5-3-7-14(9-12)19-2/h3-11H,1-2H3,(H,17,18). The summed E-state index contributed by atoms with van der Waals surface area (Å²) in [6, 6.07) is 15.0. The van der Waals surface area contributed by atoms with Gasteiger partial charge < -0.3 is 14.6 Å². The number of carboxylic acids is 1. The molecule has 2 rings (SSSR count). The molecule has 0 amide bonds. The maximum atomic E-state index is 10.8.